The van der Waals surface area contributed by atoms with Crippen molar-refractivity contribution >= 4 is 21.6 Å². The van der Waals surface area contributed by atoms with Crippen molar-refractivity contribution in [2.75, 3.05) is 25.0 Å². The van der Waals surface area contributed by atoms with Gasteiger partial charge in [0.25, 0.3) is 15.9 Å². The third kappa shape index (κ3) is 6.52. The van der Waals surface area contributed by atoms with E-state index in [9.17, 15) is 13.2 Å². The minimum atomic E-state index is -3.75. The highest BCUT2D eigenvalue weighted by atomic mass is 32.2. The zero-order chi connectivity index (χ0) is 24.7. The Balaban J connectivity index is 1.36. The number of carbonyl (C=O) groups excluding carboxylic acids is 1. The molecule has 4 rings (SSSR count). The predicted molar refractivity (Wildman–Crippen MR) is 132 cm³/mol. The summed E-state index contributed by atoms with van der Waals surface area (Å²) in [7, 11) is -2.18. The van der Waals surface area contributed by atoms with Gasteiger partial charge < -0.3 is 19.5 Å². The first-order valence-electron chi connectivity index (χ1n) is 11.3. The number of hydrogen-bond acceptors (Lipinski definition) is 6. The topological polar surface area (TPSA) is 103 Å². The molecule has 0 radical (unpaired) electrons. The van der Waals surface area contributed by atoms with Crippen LogP contribution in [-0.4, -0.2) is 40.8 Å². The Morgan fingerprint density at radius 1 is 1.03 bits per heavy atom. The molecule has 0 aromatic heterocycles. The van der Waals surface area contributed by atoms with Crippen molar-refractivity contribution in [3.8, 4) is 11.5 Å². The fourth-order valence-corrected chi connectivity index (χ4v) is 4.79. The molecule has 8 nitrogen and oxygen atoms in total. The molecule has 2 N–H and O–H groups in total. The second-order valence-corrected chi connectivity index (χ2v) is 9.80. The summed E-state index contributed by atoms with van der Waals surface area (Å²) in [6.07, 6.45) is 2.14. The standard InChI is InChI=1S/C26H28N2O6S/c1-32-25-15-19(12-13-24(25)34-18-22-9-6-14-33-22)17-27-26(29)20-7-5-8-21(16-20)28-35(30,31)23-10-3-2-4-11-23/h2-5,7-8,10-13,15-16,22,28H,6,9,14,17-18H2,1H3,(H,27,29). The summed E-state index contributed by atoms with van der Waals surface area (Å²) < 4.78 is 44.5. The van der Waals surface area contributed by atoms with Crippen LogP contribution in [0.5, 0.6) is 11.5 Å². The predicted octanol–water partition coefficient (Wildman–Crippen LogP) is 3.98. The van der Waals surface area contributed by atoms with Crippen LogP contribution in [0.25, 0.3) is 0 Å². The van der Waals surface area contributed by atoms with Gasteiger partial charge in [-0.3, -0.25) is 9.52 Å². The number of ether oxygens (including phenoxy) is 3. The van der Waals surface area contributed by atoms with Gasteiger partial charge in [0.15, 0.2) is 11.5 Å². The SMILES string of the molecule is COc1cc(CNC(=O)c2cccc(NS(=O)(=O)c3ccccc3)c2)ccc1OCC1CCCO1. The van der Waals surface area contributed by atoms with Crippen molar-refractivity contribution in [3.63, 3.8) is 0 Å². The average Bonchev–Trinajstić information content (AvgIpc) is 3.40. The first kappa shape index (κ1) is 24.6. The molecule has 1 unspecified atom stereocenters. The van der Waals surface area contributed by atoms with Gasteiger partial charge in [-0.25, -0.2) is 8.42 Å². The zero-order valence-electron chi connectivity index (χ0n) is 19.4. The Bertz CT molecular complexity index is 1260. The van der Waals surface area contributed by atoms with Crippen molar-refractivity contribution in [1.29, 1.82) is 0 Å². The number of methoxy groups -OCH3 is 1. The number of carbonyl (C=O) groups is 1. The molecular formula is C26H28N2O6S. The van der Waals surface area contributed by atoms with Gasteiger partial charge in [0.05, 0.1) is 18.1 Å². The van der Waals surface area contributed by atoms with Crippen LogP contribution < -0.4 is 19.5 Å². The molecule has 3 aromatic rings. The molecule has 3 aromatic carbocycles. The van der Waals surface area contributed by atoms with E-state index in [1.54, 1.807) is 43.5 Å². The third-order valence-electron chi connectivity index (χ3n) is 5.56. The molecule has 1 fully saturated rings. The maximum Gasteiger partial charge on any atom is 0.261 e. The lowest BCUT2D eigenvalue weighted by Crippen LogP contribution is -2.23. The van der Waals surface area contributed by atoms with E-state index in [-0.39, 0.29) is 23.5 Å². The van der Waals surface area contributed by atoms with Crippen molar-refractivity contribution in [1.82, 2.24) is 5.32 Å². The summed E-state index contributed by atoms with van der Waals surface area (Å²) >= 11 is 0. The Hall–Kier alpha value is -3.56. The first-order chi connectivity index (χ1) is 16.9. The molecule has 1 aliphatic rings. The lowest BCUT2D eigenvalue weighted by molar-refractivity contribution is 0.0669. The highest BCUT2D eigenvalue weighted by molar-refractivity contribution is 7.92. The monoisotopic (exact) mass is 496 g/mol. The van der Waals surface area contributed by atoms with Gasteiger partial charge in [0.1, 0.15) is 6.61 Å². The summed E-state index contributed by atoms with van der Waals surface area (Å²) in [6.45, 7) is 1.50. The van der Waals surface area contributed by atoms with Crippen molar-refractivity contribution in [2.45, 2.75) is 30.4 Å². The van der Waals surface area contributed by atoms with Crippen LogP contribution >= 0.6 is 0 Å². The van der Waals surface area contributed by atoms with Crippen molar-refractivity contribution in [2.24, 2.45) is 0 Å². The van der Waals surface area contributed by atoms with E-state index in [0.717, 1.165) is 25.0 Å². The maximum atomic E-state index is 12.7. The Morgan fingerprint density at radius 2 is 1.86 bits per heavy atom. The van der Waals surface area contributed by atoms with Gasteiger partial charge in [0.2, 0.25) is 0 Å². The van der Waals surface area contributed by atoms with Crippen LogP contribution in [0.1, 0.15) is 28.8 Å². The van der Waals surface area contributed by atoms with E-state index in [2.05, 4.69) is 10.0 Å². The zero-order valence-corrected chi connectivity index (χ0v) is 20.2. The van der Waals surface area contributed by atoms with E-state index in [1.165, 1.54) is 18.2 Å². The molecule has 0 saturated carbocycles. The minimum absolute atomic E-state index is 0.103. The van der Waals surface area contributed by atoms with Crippen LogP contribution in [-0.2, 0) is 21.3 Å². The molecule has 0 bridgehead atoms. The van der Waals surface area contributed by atoms with Crippen LogP contribution in [0.2, 0.25) is 0 Å². The van der Waals surface area contributed by atoms with Gasteiger partial charge >= 0.3 is 0 Å². The van der Waals surface area contributed by atoms with Crippen LogP contribution in [0, 0.1) is 0 Å². The molecule has 1 saturated heterocycles. The number of amides is 1. The average molecular weight is 497 g/mol. The van der Waals surface area contributed by atoms with Gasteiger partial charge in [-0.15, -0.1) is 0 Å². The molecule has 35 heavy (non-hydrogen) atoms. The second kappa shape index (κ2) is 11.2. The van der Waals surface area contributed by atoms with Crippen molar-refractivity contribution in [3.05, 3.63) is 83.9 Å². The molecule has 0 spiro atoms. The molecular weight excluding hydrogens is 468 g/mol. The fraction of sp³-hybridized carbons (Fsp3) is 0.269. The maximum absolute atomic E-state index is 12.7. The molecule has 9 heteroatoms. The van der Waals surface area contributed by atoms with Crippen molar-refractivity contribution < 1.29 is 27.4 Å². The molecule has 1 aliphatic heterocycles. The molecule has 0 aliphatic carbocycles. The smallest absolute Gasteiger partial charge is 0.261 e. The summed E-state index contributed by atoms with van der Waals surface area (Å²) in [5, 5.41) is 2.85. The van der Waals surface area contributed by atoms with Gasteiger partial charge in [0, 0.05) is 24.4 Å². The Morgan fingerprint density at radius 3 is 2.60 bits per heavy atom. The first-order valence-corrected chi connectivity index (χ1v) is 12.8. The lowest BCUT2D eigenvalue weighted by atomic mass is 10.1. The number of benzene rings is 3. The molecule has 184 valence electrons. The summed E-state index contributed by atoms with van der Waals surface area (Å²) in [4.78, 5) is 12.9. The highest BCUT2D eigenvalue weighted by Crippen LogP contribution is 2.29. The van der Waals surface area contributed by atoms with E-state index in [0.29, 0.717) is 29.4 Å². The number of sulfonamides is 1. The summed E-state index contributed by atoms with van der Waals surface area (Å²) in [5.41, 5.74) is 1.47. The quantitative estimate of drug-likeness (QED) is 0.440. The number of rotatable bonds is 10. The van der Waals surface area contributed by atoms with E-state index in [4.69, 9.17) is 14.2 Å². The Labute approximate surface area is 205 Å². The number of nitrogens with one attached hydrogen (secondary N) is 2. The number of hydrogen-bond donors (Lipinski definition) is 2. The fourth-order valence-electron chi connectivity index (χ4n) is 3.72. The molecule has 1 amide bonds. The van der Waals surface area contributed by atoms with E-state index in [1.807, 2.05) is 18.2 Å². The lowest BCUT2D eigenvalue weighted by Gasteiger charge is -2.15. The van der Waals surface area contributed by atoms with Gasteiger partial charge in [-0.1, -0.05) is 30.3 Å². The van der Waals surface area contributed by atoms with Crippen LogP contribution in [0.4, 0.5) is 5.69 Å². The van der Waals surface area contributed by atoms with Crippen LogP contribution in [0.15, 0.2) is 77.7 Å². The largest absolute Gasteiger partial charge is 0.493 e. The normalized spacial score (nSPS) is 15.4. The van der Waals surface area contributed by atoms with Gasteiger partial charge in [-0.2, -0.15) is 0 Å². The molecule has 1 atom stereocenters. The van der Waals surface area contributed by atoms with E-state index < -0.39 is 10.0 Å². The molecule has 1 heterocycles. The summed E-state index contributed by atoms with van der Waals surface area (Å²) in [5.74, 6) is 0.868. The minimum Gasteiger partial charge on any atom is -0.493 e. The van der Waals surface area contributed by atoms with E-state index >= 15 is 0 Å². The third-order valence-corrected chi connectivity index (χ3v) is 6.96. The Kier molecular flexibility index (Phi) is 7.89. The highest BCUT2D eigenvalue weighted by Gasteiger charge is 2.18. The van der Waals surface area contributed by atoms with Gasteiger partial charge in [-0.05, 0) is 60.9 Å². The second-order valence-electron chi connectivity index (χ2n) is 8.11. The van der Waals surface area contributed by atoms with Crippen LogP contribution in [0.3, 0.4) is 0 Å². The number of anilines is 1. The summed E-state index contributed by atoms with van der Waals surface area (Å²) in [6, 6.07) is 19.9.